The van der Waals surface area contributed by atoms with Crippen molar-refractivity contribution in [2.75, 3.05) is 13.7 Å². The van der Waals surface area contributed by atoms with E-state index in [-0.39, 0.29) is 30.3 Å². The fourth-order valence-corrected chi connectivity index (χ4v) is 3.04. The topological polar surface area (TPSA) is 110 Å². The zero-order chi connectivity index (χ0) is 23.5. The second kappa shape index (κ2) is 8.98. The van der Waals surface area contributed by atoms with Gasteiger partial charge in [0.25, 0.3) is 5.91 Å². The minimum Gasteiger partial charge on any atom is -0.493 e. The van der Waals surface area contributed by atoms with Gasteiger partial charge in [0.05, 0.1) is 19.8 Å². The number of alkyl halides is 3. The quantitative estimate of drug-likeness (QED) is 0.621. The van der Waals surface area contributed by atoms with Gasteiger partial charge >= 0.3 is 13.5 Å². The molecule has 0 radical (unpaired) electrons. The van der Waals surface area contributed by atoms with Gasteiger partial charge in [-0.15, -0.1) is 13.2 Å². The smallest absolute Gasteiger partial charge is 0.493 e. The van der Waals surface area contributed by atoms with Crippen LogP contribution in [0.1, 0.15) is 22.8 Å². The number of carbonyl (C=O) groups excluding carboxylic acids is 1. The number of hydrogen-bond acceptors (Lipinski definition) is 7. The predicted molar refractivity (Wildman–Crippen MR) is 105 cm³/mol. The molecule has 1 aliphatic heterocycles. The molecule has 0 saturated carbocycles. The van der Waals surface area contributed by atoms with E-state index in [1.165, 1.54) is 14.0 Å². The molecule has 0 aromatic heterocycles. The number of benzene rings is 2. The average molecular weight is 450 g/mol. The molecule has 1 unspecified atom stereocenters. The van der Waals surface area contributed by atoms with Crippen molar-refractivity contribution in [1.29, 1.82) is 5.26 Å². The van der Waals surface area contributed by atoms with Gasteiger partial charge in [-0.1, -0.05) is 6.07 Å². The Morgan fingerprint density at radius 2 is 1.97 bits per heavy atom. The average Bonchev–Trinajstić information content (AvgIpc) is 3.12. The first-order valence-corrected chi connectivity index (χ1v) is 9.27. The molecule has 1 heterocycles. The van der Waals surface area contributed by atoms with E-state index in [2.05, 4.69) is 10.1 Å². The van der Waals surface area contributed by atoms with Crippen molar-refractivity contribution in [2.24, 2.45) is 0 Å². The van der Waals surface area contributed by atoms with Gasteiger partial charge < -0.3 is 29.2 Å². The summed E-state index contributed by atoms with van der Waals surface area (Å²) in [6.45, 7) is 1.35. The van der Waals surface area contributed by atoms with E-state index in [0.29, 0.717) is 5.46 Å². The summed E-state index contributed by atoms with van der Waals surface area (Å²) in [6, 6.07) is 9.49. The summed E-state index contributed by atoms with van der Waals surface area (Å²) >= 11 is 0. The molecule has 1 aliphatic rings. The number of hydrogen-bond donors (Lipinski definition) is 2. The third-order valence-corrected chi connectivity index (χ3v) is 4.60. The molecular formula is C20H18BF3N2O6. The highest BCUT2D eigenvalue weighted by Gasteiger charge is 2.34. The molecule has 0 fully saturated rings. The van der Waals surface area contributed by atoms with Crippen LogP contribution in [0.2, 0.25) is 0 Å². The third-order valence-electron chi connectivity index (χ3n) is 4.60. The zero-order valence-electron chi connectivity index (χ0n) is 17.0. The SMILES string of the molecule is COc1c(OCC(C)(C#N)NC(=O)c2ccc(OC(F)(F)F)cc2)ccc2c1B(O)OC2. The van der Waals surface area contributed by atoms with Gasteiger partial charge in [-0.25, -0.2) is 0 Å². The fourth-order valence-electron chi connectivity index (χ4n) is 3.04. The number of amides is 1. The molecular weight excluding hydrogens is 432 g/mol. The number of fused-ring (bicyclic) bond motifs is 1. The van der Waals surface area contributed by atoms with Crippen molar-refractivity contribution in [3.05, 3.63) is 47.5 Å². The Balaban J connectivity index is 1.69. The van der Waals surface area contributed by atoms with Crippen LogP contribution in [-0.2, 0) is 11.3 Å². The number of nitrogens with zero attached hydrogens (tertiary/aromatic N) is 1. The number of nitriles is 1. The standard InChI is InChI=1S/C20H18BF3N2O6/c1-19(10-25,26-18(27)12-3-6-14(7-4-12)32-20(22,23)24)11-30-15-8-5-13-9-31-21(28)16(13)17(15)29-2/h3-8,28H,9,11H2,1-2H3,(H,26,27). The Bertz CT molecular complexity index is 1040. The van der Waals surface area contributed by atoms with Crippen molar-refractivity contribution < 1.29 is 41.9 Å². The number of carbonyl (C=O) groups is 1. The fraction of sp³-hybridized carbons (Fsp3) is 0.300. The largest absolute Gasteiger partial charge is 0.573 e. The first-order valence-electron chi connectivity index (χ1n) is 9.27. The van der Waals surface area contributed by atoms with E-state index in [0.717, 1.165) is 29.8 Å². The molecule has 1 amide bonds. The van der Waals surface area contributed by atoms with Crippen LogP contribution in [0.15, 0.2) is 36.4 Å². The number of rotatable bonds is 7. The maximum atomic E-state index is 12.5. The van der Waals surface area contributed by atoms with Gasteiger partial charge in [0.15, 0.2) is 17.0 Å². The molecule has 2 aromatic rings. The Labute approximate surface area is 181 Å². The Hall–Kier alpha value is -3.43. The second-order valence-electron chi connectivity index (χ2n) is 7.09. The van der Waals surface area contributed by atoms with E-state index >= 15 is 0 Å². The van der Waals surface area contributed by atoms with Crippen LogP contribution >= 0.6 is 0 Å². The number of halogens is 3. The van der Waals surface area contributed by atoms with Crippen LogP contribution in [0, 0.1) is 11.3 Å². The lowest BCUT2D eigenvalue weighted by molar-refractivity contribution is -0.274. The first-order chi connectivity index (χ1) is 15.0. The molecule has 1 atom stereocenters. The van der Waals surface area contributed by atoms with Gasteiger partial charge in [-0.3, -0.25) is 4.79 Å². The number of methoxy groups -OCH3 is 1. The van der Waals surface area contributed by atoms with Crippen molar-refractivity contribution in [3.63, 3.8) is 0 Å². The molecule has 8 nitrogen and oxygen atoms in total. The van der Waals surface area contributed by atoms with E-state index in [4.69, 9.17) is 14.1 Å². The van der Waals surface area contributed by atoms with Crippen LogP contribution in [0.5, 0.6) is 17.2 Å². The minimum absolute atomic E-state index is 0.0244. The summed E-state index contributed by atoms with van der Waals surface area (Å²) < 4.78 is 56.7. The second-order valence-corrected chi connectivity index (χ2v) is 7.09. The predicted octanol–water partition coefficient (Wildman–Crippen LogP) is 1.90. The van der Waals surface area contributed by atoms with Gasteiger partial charge in [-0.05, 0) is 42.8 Å². The molecule has 3 rings (SSSR count). The molecule has 12 heteroatoms. The normalized spacial score (nSPS) is 14.7. The van der Waals surface area contributed by atoms with Crippen molar-refractivity contribution in [3.8, 4) is 23.3 Å². The molecule has 0 saturated heterocycles. The summed E-state index contributed by atoms with van der Waals surface area (Å²) in [5.74, 6) is -0.684. The van der Waals surface area contributed by atoms with Crippen LogP contribution in [0.25, 0.3) is 0 Å². The molecule has 0 aliphatic carbocycles. The van der Waals surface area contributed by atoms with Crippen LogP contribution in [-0.4, -0.2) is 43.7 Å². The van der Waals surface area contributed by atoms with E-state index < -0.39 is 30.7 Å². The zero-order valence-corrected chi connectivity index (χ0v) is 17.0. The Morgan fingerprint density at radius 1 is 1.28 bits per heavy atom. The monoisotopic (exact) mass is 450 g/mol. The van der Waals surface area contributed by atoms with E-state index in [9.17, 15) is 28.3 Å². The summed E-state index contributed by atoms with van der Waals surface area (Å²) in [6.07, 6.45) is -4.85. The lowest BCUT2D eigenvalue weighted by Gasteiger charge is -2.24. The van der Waals surface area contributed by atoms with Gasteiger partial charge in [0.2, 0.25) is 0 Å². The Kier molecular flexibility index (Phi) is 6.52. The summed E-state index contributed by atoms with van der Waals surface area (Å²) in [7, 11) is 0.222. The minimum atomic E-state index is -4.85. The highest BCUT2D eigenvalue weighted by Crippen LogP contribution is 2.30. The molecule has 0 spiro atoms. The molecule has 32 heavy (non-hydrogen) atoms. The van der Waals surface area contributed by atoms with Crippen LogP contribution < -0.4 is 25.0 Å². The molecule has 168 valence electrons. The molecule has 0 bridgehead atoms. The van der Waals surface area contributed by atoms with Crippen LogP contribution in [0.4, 0.5) is 13.2 Å². The van der Waals surface area contributed by atoms with Gasteiger partial charge in [-0.2, -0.15) is 5.26 Å². The Morgan fingerprint density at radius 3 is 2.56 bits per heavy atom. The summed E-state index contributed by atoms with van der Waals surface area (Å²) in [5, 5.41) is 22.0. The molecule has 2 N–H and O–H groups in total. The first kappa shape index (κ1) is 23.2. The van der Waals surface area contributed by atoms with Crippen molar-refractivity contribution in [1.82, 2.24) is 5.32 Å². The number of ether oxygens (including phenoxy) is 3. The van der Waals surface area contributed by atoms with Gasteiger partial charge in [0, 0.05) is 11.0 Å². The summed E-state index contributed by atoms with van der Waals surface area (Å²) in [4.78, 5) is 12.5. The lowest BCUT2D eigenvalue weighted by Crippen LogP contribution is -2.49. The summed E-state index contributed by atoms with van der Waals surface area (Å²) in [5.41, 5.74) is -0.307. The lowest BCUT2D eigenvalue weighted by atomic mass is 9.78. The van der Waals surface area contributed by atoms with Crippen molar-refractivity contribution >= 4 is 18.5 Å². The third kappa shape index (κ3) is 5.24. The molecule has 2 aromatic carbocycles. The van der Waals surface area contributed by atoms with Gasteiger partial charge in [0.1, 0.15) is 12.4 Å². The number of nitrogens with one attached hydrogen (secondary N) is 1. The van der Waals surface area contributed by atoms with E-state index in [1.54, 1.807) is 12.1 Å². The van der Waals surface area contributed by atoms with Crippen molar-refractivity contribution in [2.45, 2.75) is 25.4 Å². The van der Waals surface area contributed by atoms with E-state index in [1.807, 2.05) is 6.07 Å². The maximum absolute atomic E-state index is 12.5. The maximum Gasteiger partial charge on any atom is 0.573 e. The van der Waals surface area contributed by atoms with Crippen LogP contribution in [0.3, 0.4) is 0 Å². The highest BCUT2D eigenvalue weighted by molar-refractivity contribution is 6.62. The highest BCUT2D eigenvalue weighted by atomic mass is 19.4.